The van der Waals surface area contributed by atoms with Gasteiger partial charge in [-0.25, -0.2) is 9.13 Å². The predicted octanol–water partition coefficient (Wildman–Crippen LogP) is 17.5. The van der Waals surface area contributed by atoms with Gasteiger partial charge >= 0.3 is 33.6 Å². The fourth-order valence-corrected chi connectivity index (χ4v) is 9.90. The molecule has 0 aliphatic heterocycles. The van der Waals surface area contributed by atoms with Crippen molar-refractivity contribution >= 4 is 33.6 Å². The molecule has 0 bridgehead atoms. The summed E-state index contributed by atoms with van der Waals surface area (Å²) in [5, 5.41) is 20.5. The zero-order valence-electron chi connectivity index (χ0n) is 52.8. The van der Waals surface area contributed by atoms with Crippen LogP contribution in [-0.2, 0) is 55.8 Å². The van der Waals surface area contributed by atoms with Gasteiger partial charge in [0, 0.05) is 19.3 Å². The number of carbonyl (C=O) groups excluding carboxylic acids is 3. The first kappa shape index (κ1) is 81.5. The molecule has 5 atom stereocenters. The molecule has 0 aromatic rings. The maximum Gasteiger partial charge on any atom is 0.472 e. The van der Waals surface area contributed by atoms with Gasteiger partial charge in [0.15, 0.2) is 6.10 Å². The molecule has 0 aliphatic rings. The molecule has 0 saturated heterocycles. The van der Waals surface area contributed by atoms with Crippen LogP contribution in [0.2, 0.25) is 0 Å². The van der Waals surface area contributed by atoms with Crippen molar-refractivity contribution in [1.29, 1.82) is 0 Å². The molecule has 0 fully saturated rings. The Kier molecular flexibility index (Phi) is 58.2. The van der Waals surface area contributed by atoms with E-state index in [1.54, 1.807) is 0 Å². The Bertz CT molecular complexity index is 1940. The van der Waals surface area contributed by atoms with Gasteiger partial charge < -0.3 is 34.2 Å². The fraction of sp³-hybridized carbons (Fsp3) is 0.716. The van der Waals surface area contributed by atoms with E-state index in [2.05, 4.69) is 118 Å². The van der Waals surface area contributed by atoms with Crippen LogP contribution in [0.15, 0.2) is 97.2 Å². The maximum atomic E-state index is 12.8. The third-order valence-electron chi connectivity index (χ3n) is 13.3. The Labute approximate surface area is 514 Å². The molecule has 0 aromatic carbocycles. The van der Waals surface area contributed by atoms with E-state index in [-0.39, 0.29) is 19.3 Å². The molecule has 0 spiro atoms. The number of aliphatic hydroxyl groups is 2. The highest BCUT2D eigenvalue weighted by Crippen LogP contribution is 2.45. The highest BCUT2D eigenvalue weighted by Gasteiger charge is 2.29. The number of esters is 3. The monoisotopic (exact) mass is 1240 g/mol. The SMILES string of the molecule is CC/C=C\C/C=C\C/C=C\C/C=C\C/C=C\C/C=C\CCCCCCCCC(=O)OCC(O)COP(=O)(O)OCC(O)COP(=O)(O)OCC(COC(=O)CCCCCCC/C=C\C/C=C\CCC)OC(=O)CCCCCCCCCCCCC. The molecule has 0 saturated carbocycles. The third kappa shape index (κ3) is 61.9. The second kappa shape index (κ2) is 60.7. The lowest BCUT2D eigenvalue weighted by Crippen LogP contribution is -2.30. The van der Waals surface area contributed by atoms with Crippen molar-refractivity contribution < 1.29 is 75.8 Å². The van der Waals surface area contributed by atoms with Crippen LogP contribution >= 0.6 is 15.6 Å². The number of ether oxygens (including phenoxy) is 3. The third-order valence-corrected chi connectivity index (χ3v) is 15.2. The first-order chi connectivity index (χ1) is 41.2. The topological polar surface area (TPSA) is 231 Å². The Morgan fingerprint density at radius 1 is 0.341 bits per heavy atom. The lowest BCUT2D eigenvalue weighted by molar-refractivity contribution is -0.161. The number of phosphoric ester groups is 2. The van der Waals surface area contributed by atoms with Crippen LogP contribution in [0, 0.1) is 0 Å². The quantitative estimate of drug-likeness (QED) is 0.0146. The molecule has 16 nitrogen and oxygen atoms in total. The Morgan fingerprint density at radius 2 is 0.647 bits per heavy atom. The van der Waals surface area contributed by atoms with Gasteiger partial charge in [-0.15, -0.1) is 0 Å². The average molecular weight is 1240 g/mol. The van der Waals surface area contributed by atoms with Crippen LogP contribution in [0.4, 0.5) is 0 Å². The first-order valence-electron chi connectivity index (χ1n) is 32.5. The molecule has 18 heteroatoms. The number of hydrogen-bond donors (Lipinski definition) is 4. The molecule has 0 aromatic heterocycles. The lowest BCUT2D eigenvalue weighted by atomic mass is 10.1. The Hall–Kier alpha value is -3.53. The van der Waals surface area contributed by atoms with Crippen LogP contribution in [-0.4, -0.2) is 95.9 Å². The highest BCUT2D eigenvalue weighted by atomic mass is 31.2. The van der Waals surface area contributed by atoms with Crippen molar-refractivity contribution in [2.75, 3.05) is 39.6 Å². The lowest BCUT2D eigenvalue weighted by Gasteiger charge is -2.21. The molecule has 0 radical (unpaired) electrons. The van der Waals surface area contributed by atoms with Crippen LogP contribution in [0.25, 0.3) is 0 Å². The number of aliphatic hydroxyl groups excluding tert-OH is 2. The molecule has 0 amide bonds. The van der Waals surface area contributed by atoms with E-state index in [4.69, 9.17) is 32.3 Å². The van der Waals surface area contributed by atoms with E-state index in [9.17, 15) is 43.5 Å². The van der Waals surface area contributed by atoms with Crippen LogP contribution in [0.5, 0.6) is 0 Å². The van der Waals surface area contributed by atoms with Crippen molar-refractivity contribution in [2.24, 2.45) is 0 Å². The zero-order chi connectivity index (χ0) is 62.4. The van der Waals surface area contributed by atoms with Gasteiger partial charge in [0.2, 0.25) is 0 Å². The van der Waals surface area contributed by atoms with Crippen molar-refractivity contribution in [3.8, 4) is 0 Å². The average Bonchev–Trinajstić information content (AvgIpc) is 3.60. The first-order valence-corrected chi connectivity index (χ1v) is 35.5. The molecule has 0 rings (SSSR count). The summed E-state index contributed by atoms with van der Waals surface area (Å²) in [6.45, 7) is 2.43. The van der Waals surface area contributed by atoms with E-state index < -0.39 is 91.5 Å². The maximum absolute atomic E-state index is 12.8. The number of hydrogen-bond acceptors (Lipinski definition) is 14. The molecular weight excluding hydrogens is 1120 g/mol. The standard InChI is InChI=1S/C67H116O16P2/c1-4-7-10-13-16-19-22-24-25-26-27-28-29-30-31-32-33-34-35-37-40-41-44-47-50-53-65(70)77-56-62(68)57-79-84(73,74)80-58-63(69)59-81-85(75,76)82-61-64(83-67(72)55-52-49-46-43-38-21-18-15-12-9-6-3)60-78-66(71)54-51-48-45-42-39-36-23-20-17-14-11-8-5-2/h7,10-11,14,16,19-20,23-25,27-28,30-31,33-34,62-64,68-69H,4-6,8-9,12-13,15,17-18,21-22,26,29,32,35-61H2,1-3H3,(H,73,74)(H,75,76)/b10-7-,14-11-,19-16-,23-20-,25-24-,28-27-,31-30-,34-33-. The van der Waals surface area contributed by atoms with E-state index in [1.165, 1.54) is 38.5 Å². The number of allylic oxidation sites excluding steroid dienone is 16. The van der Waals surface area contributed by atoms with Crippen LogP contribution in [0.1, 0.15) is 252 Å². The van der Waals surface area contributed by atoms with E-state index in [0.29, 0.717) is 19.3 Å². The number of rotatable bonds is 61. The summed E-state index contributed by atoms with van der Waals surface area (Å²) >= 11 is 0. The summed E-state index contributed by atoms with van der Waals surface area (Å²) in [6, 6.07) is 0. The Balaban J connectivity index is 4.51. The summed E-state index contributed by atoms with van der Waals surface area (Å²) in [4.78, 5) is 58.1. The number of carbonyl (C=O) groups is 3. The second-order valence-electron chi connectivity index (χ2n) is 21.5. The Morgan fingerprint density at radius 3 is 1.04 bits per heavy atom. The smallest absolute Gasteiger partial charge is 0.463 e. The predicted molar refractivity (Wildman–Crippen MR) is 344 cm³/mol. The zero-order valence-corrected chi connectivity index (χ0v) is 54.5. The minimum absolute atomic E-state index is 0.104. The summed E-state index contributed by atoms with van der Waals surface area (Å²) in [5.74, 6) is -1.60. The minimum Gasteiger partial charge on any atom is -0.463 e. The number of unbranched alkanes of at least 4 members (excludes halogenated alkanes) is 22. The van der Waals surface area contributed by atoms with Crippen molar-refractivity contribution in [1.82, 2.24) is 0 Å². The van der Waals surface area contributed by atoms with Gasteiger partial charge in [0.05, 0.1) is 26.4 Å². The van der Waals surface area contributed by atoms with Gasteiger partial charge in [-0.3, -0.25) is 32.5 Å². The normalized spacial score (nSPS) is 15.0. The van der Waals surface area contributed by atoms with Crippen LogP contribution < -0.4 is 0 Å². The van der Waals surface area contributed by atoms with Gasteiger partial charge in [-0.1, -0.05) is 234 Å². The summed E-state index contributed by atoms with van der Waals surface area (Å²) < 4.78 is 60.7. The number of phosphoric acid groups is 2. The summed E-state index contributed by atoms with van der Waals surface area (Å²) in [5.41, 5.74) is 0. The summed E-state index contributed by atoms with van der Waals surface area (Å²) in [6.07, 6.45) is 64.8. The second-order valence-corrected chi connectivity index (χ2v) is 24.4. The molecule has 0 heterocycles. The van der Waals surface area contributed by atoms with Crippen molar-refractivity contribution in [2.45, 2.75) is 270 Å². The largest absolute Gasteiger partial charge is 0.472 e. The molecule has 85 heavy (non-hydrogen) atoms. The van der Waals surface area contributed by atoms with Crippen molar-refractivity contribution in [3.63, 3.8) is 0 Å². The molecule has 4 N–H and O–H groups in total. The van der Waals surface area contributed by atoms with Gasteiger partial charge in [0.1, 0.15) is 25.4 Å². The summed E-state index contributed by atoms with van der Waals surface area (Å²) in [7, 11) is -9.77. The molecule has 5 unspecified atom stereocenters. The highest BCUT2D eigenvalue weighted by molar-refractivity contribution is 7.47. The fourth-order valence-electron chi connectivity index (χ4n) is 8.32. The van der Waals surface area contributed by atoms with Crippen molar-refractivity contribution in [3.05, 3.63) is 97.2 Å². The minimum atomic E-state index is -4.92. The van der Waals surface area contributed by atoms with Gasteiger partial charge in [0.25, 0.3) is 0 Å². The van der Waals surface area contributed by atoms with Crippen LogP contribution in [0.3, 0.4) is 0 Å². The van der Waals surface area contributed by atoms with Gasteiger partial charge in [-0.05, 0) is 96.3 Å². The molecule has 0 aliphatic carbocycles. The van der Waals surface area contributed by atoms with E-state index in [1.807, 2.05) is 0 Å². The van der Waals surface area contributed by atoms with Gasteiger partial charge in [-0.2, -0.15) is 0 Å². The van der Waals surface area contributed by atoms with E-state index >= 15 is 0 Å². The molecule has 490 valence electrons. The van der Waals surface area contributed by atoms with E-state index in [0.717, 1.165) is 154 Å². The molecular formula is C67H116O16P2.